The van der Waals surface area contributed by atoms with Crippen molar-refractivity contribution in [1.82, 2.24) is 18.9 Å². The van der Waals surface area contributed by atoms with Gasteiger partial charge in [-0.1, -0.05) is 6.92 Å². The first-order chi connectivity index (χ1) is 10.1. The zero-order valence-corrected chi connectivity index (χ0v) is 12.6. The Kier molecular flexibility index (Phi) is 4.62. The van der Waals surface area contributed by atoms with E-state index >= 15 is 0 Å². The van der Waals surface area contributed by atoms with Gasteiger partial charge in [-0.3, -0.25) is 13.8 Å². The van der Waals surface area contributed by atoms with Gasteiger partial charge in [0, 0.05) is 26.0 Å². The van der Waals surface area contributed by atoms with Gasteiger partial charge in [0.05, 0.1) is 25.0 Å². The number of esters is 1. The first-order valence-corrected chi connectivity index (χ1v) is 7.02. The number of rotatable bonds is 6. The van der Waals surface area contributed by atoms with Crippen LogP contribution in [0.5, 0.6) is 0 Å². The third-order valence-corrected chi connectivity index (χ3v) is 3.26. The van der Waals surface area contributed by atoms with Gasteiger partial charge in [-0.15, -0.1) is 0 Å². The molecule has 2 rings (SSSR count). The summed E-state index contributed by atoms with van der Waals surface area (Å²) >= 11 is 0. The number of hydrogen-bond donors (Lipinski definition) is 0. The van der Waals surface area contributed by atoms with E-state index in [2.05, 4.69) is 5.10 Å². The van der Waals surface area contributed by atoms with Crippen molar-refractivity contribution in [2.75, 3.05) is 6.61 Å². The fourth-order valence-corrected chi connectivity index (χ4v) is 2.18. The molecule has 7 nitrogen and oxygen atoms in total. The van der Waals surface area contributed by atoms with E-state index < -0.39 is 5.97 Å². The monoisotopic (exact) mass is 292 g/mol. The van der Waals surface area contributed by atoms with Gasteiger partial charge in [-0.2, -0.15) is 5.10 Å². The molecule has 0 saturated carbocycles. The van der Waals surface area contributed by atoms with E-state index in [0.717, 1.165) is 6.42 Å². The van der Waals surface area contributed by atoms with Crippen molar-refractivity contribution in [2.45, 2.75) is 33.4 Å². The predicted molar refractivity (Wildman–Crippen MR) is 77.2 cm³/mol. The largest absolute Gasteiger partial charge is 0.462 e. The molecular weight excluding hydrogens is 272 g/mol. The normalized spacial score (nSPS) is 10.8. The maximum absolute atomic E-state index is 12.2. The van der Waals surface area contributed by atoms with Crippen LogP contribution in [0.4, 0.5) is 0 Å². The zero-order valence-electron chi connectivity index (χ0n) is 12.6. The Labute approximate surface area is 122 Å². The molecule has 7 heteroatoms. The van der Waals surface area contributed by atoms with Crippen LogP contribution in [0.1, 0.15) is 36.3 Å². The standard InChI is InChI=1S/C14H20N4O3/c1-4-6-17-7-8-18(14(17)20)10-12-11(9-15-16(12)3)13(19)21-5-2/h7-9H,4-6,10H2,1-3H3. The summed E-state index contributed by atoms with van der Waals surface area (Å²) in [4.78, 5) is 24.1. The zero-order chi connectivity index (χ0) is 15.4. The van der Waals surface area contributed by atoms with Gasteiger partial charge >= 0.3 is 11.7 Å². The molecule has 0 bridgehead atoms. The van der Waals surface area contributed by atoms with Crippen molar-refractivity contribution < 1.29 is 9.53 Å². The lowest BCUT2D eigenvalue weighted by Crippen LogP contribution is -2.25. The Morgan fingerprint density at radius 1 is 1.29 bits per heavy atom. The summed E-state index contributed by atoms with van der Waals surface area (Å²) in [5.41, 5.74) is 0.965. The van der Waals surface area contributed by atoms with Crippen molar-refractivity contribution in [3.63, 3.8) is 0 Å². The van der Waals surface area contributed by atoms with Gasteiger partial charge in [0.1, 0.15) is 5.56 Å². The van der Waals surface area contributed by atoms with Crippen LogP contribution < -0.4 is 5.69 Å². The van der Waals surface area contributed by atoms with Gasteiger partial charge in [-0.05, 0) is 13.3 Å². The van der Waals surface area contributed by atoms with Crippen molar-refractivity contribution in [3.05, 3.63) is 40.3 Å². The molecule has 21 heavy (non-hydrogen) atoms. The van der Waals surface area contributed by atoms with E-state index in [0.29, 0.717) is 31.0 Å². The SMILES string of the molecule is CCCn1ccn(Cc2c(C(=O)OCC)cnn2C)c1=O. The summed E-state index contributed by atoms with van der Waals surface area (Å²) in [6.07, 6.45) is 5.84. The number of carbonyl (C=O) groups excluding carboxylic acids is 1. The van der Waals surface area contributed by atoms with Crippen LogP contribution >= 0.6 is 0 Å². The number of ether oxygens (including phenoxy) is 1. The molecular formula is C14H20N4O3. The molecule has 0 amide bonds. The fraction of sp³-hybridized carbons (Fsp3) is 0.500. The Bertz CT molecular complexity index is 681. The summed E-state index contributed by atoms with van der Waals surface area (Å²) in [6.45, 7) is 5.05. The minimum atomic E-state index is -0.415. The second kappa shape index (κ2) is 6.43. The van der Waals surface area contributed by atoms with Crippen molar-refractivity contribution in [3.8, 4) is 0 Å². The Morgan fingerprint density at radius 3 is 2.67 bits per heavy atom. The molecule has 0 saturated heterocycles. The summed E-state index contributed by atoms with van der Waals surface area (Å²) in [6, 6.07) is 0. The number of imidazole rings is 1. The number of hydrogen-bond acceptors (Lipinski definition) is 4. The van der Waals surface area contributed by atoms with Crippen LogP contribution in [0.2, 0.25) is 0 Å². The number of aromatic nitrogens is 4. The third-order valence-electron chi connectivity index (χ3n) is 3.26. The summed E-state index contributed by atoms with van der Waals surface area (Å²) < 4.78 is 9.82. The van der Waals surface area contributed by atoms with Crippen molar-refractivity contribution in [1.29, 1.82) is 0 Å². The van der Waals surface area contributed by atoms with Crippen LogP contribution in [-0.2, 0) is 24.9 Å². The van der Waals surface area contributed by atoms with Gasteiger partial charge in [-0.25, -0.2) is 9.59 Å². The number of carbonyl (C=O) groups is 1. The van der Waals surface area contributed by atoms with Gasteiger partial charge < -0.3 is 4.74 Å². The molecule has 2 heterocycles. The fourth-order valence-electron chi connectivity index (χ4n) is 2.18. The number of aryl methyl sites for hydroxylation is 2. The van der Waals surface area contributed by atoms with Crippen LogP contribution in [0.15, 0.2) is 23.4 Å². The Morgan fingerprint density at radius 2 is 2.00 bits per heavy atom. The smallest absolute Gasteiger partial charge is 0.341 e. The number of nitrogens with zero attached hydrogens (tertiary/aromatic N) is 4. The Balaban J connectivity index is 2.30. The average molecular weight is 292 g/mol. The molecule has 0 aliphatic carbocycles. The van der Waals surface area contributed by atoms with Crippen molar-refractivity contribution >= 4 is 5.97 Å². The van der Waals surface area contributed by atoms with E-state index in [9.17, 15) is 9.59 Å². The molecule has 0 fully saturated rings. The molecule has 0 unspecified atom stereocenters. The molecule has 0 N–H and O–H groups in total. The van der Waals surface area contributed by atoms with E-state index in [1.807, 2.05) is 6.92 Å². The molecule has 0 aliphatic heterocycles. The van der Waals surface area contributed by atoms with E-state index in [1.165, 1.54) is 6.20 Å². The molecule has 0 aromatic carbocycles. The first kappa shape index (κ1) is 15.1. The summed E-state index contributed by atoms with van der Waals surface area (Å²) in [7, 11) is 1.74. The van der Waals surface area contributed by atoms with Crippen LogP contribution in [0, 0.1) is 0 Å². The maximum atomic E-state index is 12.2. The first-order valence-electron chi connectivity index (χ1n) is 7.02. The van der Waals surface area contributed by atoms with Crippen LogP contribution in [-0.4, -0.2) is 31.5 Å². The van der Waals surface area contributed by atoms with Crippen molar-refractivity contribution in [2.24, 2.45) is 7.05 Å². The molecule has 0 radical (unpaired) electrons. The van der Waals surface area contributed by atoms with Gasteiger partial charge in [0.15, 0.2) is 0 Å². The average Bonchev–Trinajstić information content (AvgIpc) is 2.98. The van der Waals surface area contributed by atoms with E-state index in [-0.39, 0.29) is 5.69 Å². The third kappa shape index (κ3) is 3.07. The summed E-state index contributed by atoms with van der Waals surface area (Å²) in [5, 5.41) is 4.08. The van der Waals surface area contributed by atoms with E-state index in [4.69, 9.17) is 4.74 Å². The highest BCUT2D eigenvalue weighted by Gasteiger charge is 2.18. The topological polar surface area (TPSA) is 71.0 Å². The van der Waals surface area contributed by atoms with E-state index in [1.54, 1.807) is 40.2 Å². The van der Waals surface area contributed by atoms with Crippen LogP contribution in [0.25, 0.3) is 0 Å². The highest BCUT2D eigenvalue weighted by molar-refractivity contribution is 5.90. The molecule has 114 valence electrons. The highest BCUT2D eigenvalue weighted by atomic mass is 16.5. The maximum Gasteiger partial charge on any atom is 0.341 e. The molecule has 0 atom stereocenters. The minimum Gasteiger partial charge on any atom is -0.462 e. The second-order valence-corrected chi connectivity index (χ2v) is 4.75. The highest BCUT2D eigenvalue weighted by Crippen LogP contribution is 2.10. The van der Waals surface area contributed by atoms with Gasteiger partial charge in [0.2, 0.25) is 0 Å². The minimum absolute atomic E-state index is 0.0899. The molecule has 0 spiro atoms. The van der Waals surface area contributed by atoms with Gasteiger partial charge in [0.25, 0.3) is 0 Å². The van der Waals surface area contributed by atoms with Crippen LogP contribution in [0.3, 0.4) is 0 Å². The Hall–Kier alpha value is -2.31. The molecule has 0 aliphatic rings. The lowest BCUT2D eigenvalue weighted by molar-refractivity contribution is 0.0524. The lowest BCUT2D eigenvalue weighted by atomic mass is 10.2. The molecule has 2 aromatic rings. The summed E-state index contributed by atoms with van der Waals surface area (Å²) in [5.74, 6) is -0.415. The predicted octanol–water partition coefficient (Wildman–Crippen LogP) is 1.02. The quantitative estimate of drug-likeness (QED) is 0.745. The molecule has 2 aromatic heterocycles. The lowest BCUT2D eigenvalue weighted by Gasteiger charge is -2.06. The second-order valence-electron chi connectivity index (χ2n) is 4.75.